The average molecular weight is 188 g/mol. The Hall–Kier alpha value is -1.63. The van der Waals surface area contributed by atoms with E-state index in [1.165, 1.54) is 12.8 Å². The van der Waals surface area contributed by atoms with Crippen LogP contribution in [0.1, 0.15) is 25.5 Å². The molecule has 72 valence electrons. The van der Waals surface area contributed by atoms with Crippen LogP contribution in [0.4, 0.5) is 5.95 Å². The molecule has 0 N–H and O–H groups in total. The molecule has 0 atom stereocenters. The Morgan fingerprint density at radius 3 is 3.00 bits per heavy atom. The molecule has 0 amide bonds. The number of nitrogens with zero attached hydrogens (tertiary/aromatic N) is 4. The summed E-state index contributed by atoms with van der Waals surface area (Å²) < 4.78 is 0. The predicted octanol–water partition coefficient (Wildman–Crippen LogP) is 1.34. The summed E-state index contributed by atoms with van der Waals surface area (Å²) in [5, 5.41) is 8.71. The van der Waals surface area contributed by atoms with Gasteiger partial charge in [-0.15, -0.1) is 0 Å². The molecule has 4 nitrogen and oxygen atoms in total. The molecule has 0 unspecified atom stereocenters. The molecular formula is C10H12N4. The van der Waals surface area contributed by atoms with E-state index in [9.17, 15) is 0 Å². The lowest BCUT2D eigenvalue weighted by atomic mass is 10.4. The monoisotopic (exact) mass is 188 g/mol. The Morgan fingerprint density at radius 1 is 1.64 bits per heavy atom. The van der Waals surface area contributed by atoms with Crippen molar-refractivity contribution >= 4 is 5.95 Å². The van der Waals surface area contributed by atoms with E-state index < -0.39 is 0 Å². The van der Waals surface area contributed by atoms with E-state index in [-0.39, 0.29) is 0 Å². The molecule has 4 heteroatoms. The maximum atomic E-state index is 8.71. The van der Waals surface area contributed by atoms with E-state index in [1.807, 2.05) is 6.07 Å². The van der Waals surface area contributed by atoms with Crippen molar-refractivity contribution in [1.82, 2.24) is 9.97 Å². The maximum Gasteiger partial charge on any atom is 0.226 e. The molecule has 1 aliphatic rings. The van der Waals surface area contributed by atoms with Crippen molar-refractivity contribution in [1.29, 1.82) is 5.26 Å². The van der Waals surface area contributed by atoms with E-state index in [0.29, 0.717) is 17.7 Å². The Bertz CT molecular complexity index is 365. The number of nitriles is 1. The van der Waals surface area contributed by atoms with Gasteiger partial charge in [-0.2, -0.15) is 5.26 Å². The van der Waals surface area contributed by atoms with Crippen LogP contribution in [0.25, 0.3) is 0 Å². The van der Waals surface area contributed by atoms with Gasteiger partial charge in [0.1, 0.15) is 11.8 Å². The van der Waals surface area contributed by atoms with Crippen LogP contribution in [-0.4, -0.2) is 22.6 Å². The normalized spacial score (nSPS) is 14.9. The quantitative estimate of drug-likeness (QED) is 0.718. The van der Waals surface area contributed by atoms with E-state index in [4.69, 9.17) is 5.26 Å². The van der Waals surface area contributed by atoms with Gasteiger partial charge in [0, 0.05) is 18.8 Å². The predicted molar refractivity (Wildman–Crippen MR) is 52.8 cm³/mol. The lowest BCUT2D eigenvalue weighted by Crippen LogP contribution is -2.27. The fraction of sp³-hybridized carbons (Fsp3) is 0.500. The number of hydrogen-bond acceptors (Lipinski definition) is 4. The zero-order valence-electron chi connectivity index (χ0n) is 8.14. The Labute approximate surface area is 83.2 Å². The van der Waals surface area contributed by atoms with Crippen molar-refractivity contribution in [2.24, 2.45) is 0 Å². The molecule has 0 aliphatic heterocycles. The third kappa shape index (κ3) is 1.67. The summed E-state index contributed by atoms with van der Waals surface area (Å²) in [6, 6.07) is 4.25. The minimum atomic E-state index is 0.439. The summed E-state index contributed by atoms with van der Waals surface area (Å²) >= 11 is 0. The number of hydrogen-bond donors (Lipinski definition) is 0. The van der Waals surface area contributed by atoms with E-state index >= 15 is 0 Å². The van der Waals surface area contributed by atoms with Crippen LogP contribution in [0, 0.1) is 11.3 Å². The van der Waals surface area contributed by atoms with Gasteiger partial charge in [-0.3, -0.25) is 0 Å². The zero-order valence-corrected chi connectivity index (χ0v) is 8.14. The number of aromatic nitrogens is 2. The molecule has 1 saturated carbocycles. The van der Waals surface area contributed by atoms with Crippen molar-refractivity contribution in [3.8, 4) is 6.07 Å². The summed E-state index contributed by atoms with van der Waals surface area (Å²) in [6.07, 6.45) is 4.08. The second-order valence-electron chi connectivity index (χ2n) is 3.37. The first-order valence-electron chi connectivity index (χ1n) is 4.85. The highest BCUT2D eigenvalue weighted by Crippen LogP contribution is 2.29. The van der Waals surface area contributed by atoms with Crippen molar-refractivity contribution < 1.29 is 0 Å². The standard InChI is InChI=1S/C10H12N4/c1-2-14(9-3-4-9)10-12-6-5-8(7-11)13-10/h5-6,9H,2-4H2,1H3. The van der Waals surface area contributed by atoms with Crippen molar-refractivity contribution in [2.45, 2.75) is 25.8 Å². The van der Waals surface area contributed by atoms with Crippen LogP contribution >= 0.6 is 0 Å². The Balaban J connectivity index is 2.25. The van der Waals surface area contributed by atoms with E-state index in [1.54, 1.807) is 12.3 Å². The van der Waals surface area contributed by atoms with Crippen LogP contribution in [0.3, 0.4) is 0 Å². The first-order chi connectivity index (χ1) is 6.85. The molecule has 1 fully saturated rings. The van der Waals surface area contributed by atoms with Crippen molar-refractivity contribution in [3.05, 3.63) is 18.0 Å². The van der Waals surface area contributed by atoms with Crippen LogP contribution in [-0.2, 0) is 0 Å². The molecule has 2 rings (SSSR count). The van der Waals surface area contributed by atoms with Gasteiger partial charge in [-0.25, -0.2) is 9.97 Å². The molecular weight excluding hydrogens is 176 g/mol. The zero-order chi connectivity index (χ0) is 9.97. The van der Waals surface area contributed by atoms with Crippen LogP contribution < -0.4 is 4.90 Å². The van der Waals surface area contributed by atoms with Gasteiger partial charge < -0.3 is 4.90 Å². The lowest BCUT2D eigenvalue weighted by Gasteiger charge is -2.19. The highest BCUT2D eigenvalue weighted by Gasteiger charge is 2.29. The van der Waals surface area contributed by atoms with Gasteiger partial charge in [0.15, 0.2) is 0 Å². The first kappa shape index (κ1) is 8.95. The molecule has 0 radical (unpaired) electrons. The molecule has 0 spiro atoms. The van der Waals surface area contributed by atoms with E-state index in [2.05, 4.69) is 21.8 Å². The highest BCUT2D eigenvalue weighted by atomic mass is 15.3. The largest absolute Gasteiger partial charge is 0.338 e. The summed E-state index contributed by atoms with van der Waals surface area (Å²) in [7, 11) is 0. The van der Waals surface area contributed by atoms with Gasteiger partial charge in [-0.1, -0.05) is 0 Å². The molecule has 0 bridgehead atoms. The van der Waals surface area contributed by atoms with Gasteiger partial charge in [0.05, 0.1) is 0 Å². The maximum absolute atomic E-state index is 8.71. The SMILES string of the molecule is CCN(c1nccc(C#N)n1)C1CC1. The van der Waals surface area contributed by atoms with Crippen molar-refractivity contribution in [3.63, 3.8) is 0 Å². The third-order valence-corrected chi connectivity index (χ3v) is 2.34. The molecule has 1 aliphatic carbocycles. The fourth-order valence-electron chi connectivity index (χ4n) is 1.50. The number of rotatable bonds is 3. The van der Waals surface area contributed by atoms with Crippen LogP contribution in [0.2, 0.25) is 0 Å². The van der Waals surface area contributed by atoms with Gasteiger partial charge in [-0.05, 0) is 25.8 Å². The van der Waals surface area contributed by atoms with E-state index in [0.717, 1.165) is 6.54 Å². The minimum absolute atomic E-state index is 0.439. The molecule has 0 saturated heterocycles. The molecule has 1 heterocycles. The average Bonchev–Trinajstić information content (AvgIpc) is 3.04. The molecule has 14 heavy (non-hydrogen) atoms. The summed E-state index contributed by atoms with van der Waals surface area (Å²) in [5.74, 6) is 0.689. The molecule has 1 aromatic rings. The minimum Gasteiger partial charge on any atom is -0.338 e. The topological polar surface area (TPSA) is 52.8 Å². The second-order valence-corrected chi connectivity index (χ2v) is 3.37. The second kappa shape index (κ2) is 3.62. The fourth-order valence-corrected chi connectivity index (χ4v) is 1.50. The third-order valence-electron chi connectivity index (χ3n) is 2.34. The van der Waals surface area contributed by atoms with Crippen LogP contribution in [0.5, 0.6) is 0 Å². The summed E-state index contributed by atoms with van der Waals surface area (Å²) in [4.78, 5) is 10.5. The summed E-state index contributed by atoms with van der Waals surface area (Å²) in [6.45, 7) is 2.99. The Morgan fingerprint density at radius 2 is 2.43 bits per heavy atom. The summed E-state index contributed by atoms with van der Waals surface area (Å²) in [5.41, 5.74) is 0.439. The van der Waals surface area contributed by atoms with Crippen molar-refractivity contribution in [2.75, 3.05) is 11.4 Å². The smallest absolute Gasteiger partial charge is 0.226 e. The van der Waals surface area contributed by atoms with Gasteiger partial charge in [0.2, 0.25) is 5.95 Å². The highest BCUT2D eigenvalue weighted by molar-refractivity contribution is 5.36. The lowest BCUT2D eigenvalue weighted by molar-refractivity contribution is 0.785. The molecule has 1 aromatic heterocycles. The van der Waals surface area contributed by atoms with Gasteiger partial charge >= 0.3 is 0 Å². The van der Waals surface area contributed by atoms with Gasteiger partial charge in [0.25, 0.3) is 0 Å². The van der Waals surface area contributed by atoms with Crippen LogP contribution in [0.15, 0.2) is 12.3 Å². The number of anilines is 1. The Kier molecular flexibility index (Phi) is 2.32. The molecule has 0 aromatic carbocycles. The first-order valence-corrected chi connectivity index (χ1v) is 4.85.